The van der Waals surface area contributed by atoms with E-state index in [-0.39, 0.29) is 36.1 Å². The van der Waals surface area contributed by atoms with Gasteiger partial charge in [0.05, 0.1) is 31.9 Å². The van der Waals surface area contributed by atoms with Crippen LogP contribution in [0.15, 0.2) is 41.7 Å². The fourth-order valence-corrected chi connectivity index (χ4v) is 4.33. The molecule has 1 saturated heterocycles. The Kier molecular flexibility index (Phi) is 11.4. The van der Waals surface area contributed by atoms with Crippen molar-refractivity contribution in [1.82, 2.24) is 30.2 Å². The summed E-state index contributed by atoms with van der Waals surface area (Å²) in [5.74, 6) is 1.77. The number of hydrogen-bond acceptors (Lipinski definition) is 5. The van der Waals surface area contributed by atoms with E-state index in [0.717, 1.165) is 37.9 Å². The van der Waals surface area contributed by atoms with Crippen LogP contribution in [0, 0.1) is 0 Å². The molecule has 8 nitrogen and oxygen atoms in total. The second-order valence-corrected chi connectivity index (χ2v) is 8.53. The summed E-state index contributed by atoms with van der Waals surface area (Å²) in [5.41, 5.74) is 2.39. The van der Waals surface area contributed by atoms with Gasteiger partial charge in [-0.05, 0) is 53.0 Å². The first kappa shape index (κ1) is 27.4. The van der Waals surface area contributed by atoms with Gasteiger partial charge in [-0.15, -0.1) is 24.0 Å². The highest BCUT2D eigenvalue weighted by Crippen LogP contribution is 2.31. The summed E-state index contributed by atoms with van der Waals surface area (Å²) in [4.78, 5) is 9.73. The third kappa shape index (κ3) is 7.58. The number of nitrogens with zero attached hydrogens (tertiary/aromatic N) is 5. The minimum atomic E-state index is 0. The van der Waals surface area contributed by atoms with E-state index in [1.54, 1.807) is 7.11 Å². The zero-order valence-corrected chi connectivity index (χ0v) is 23.0. The van der Waals surface area contributed by atoms with Crippen LogP contribution in [-0.2, 0) is 7.05 Å². The van der Waals surface area contributed by atoms with Crippen LogP contribution in [0.1, 0.15) is 43.0 Å². The predicted molar refractivity (Wildman–Crippen MR) is 146 cm³/mol. The number of nitrogens with one attached hydrogen (secondary N) is 2. The second-order valence-electron chi connectivity index (χ2n) is 8.53. The summed E-state index contributed by atoms with van der Waals surface area (Å²) in [6, 6.07) is 8.73. The van der Waals surface area contributed by atoms with Crippen molar-refractivity contribution in [3.8, 4) is 5.75 Å². The van der Waals surface area contributed by atoms with Crippen LogP contribution >= 0.6 is 24.0 Å². The van der Waals surface area contributed by atoms with Gasteiger partial charge < -0.3 is 20.3 Å². The van der Waals surface area contributed by atoms with Crippen LogP contribution < -0.4 is 15.4 Å². The summed E-state index contributed by atoms with van der Waals surface area (Å²) in [6.45, 7) is 6.54. The van der Waals surface area contributed by atoms with Crippen molar-refractivity contribution in [3.63, 3.8) is 0 Å². The van der Waals surface area contributed by atoms with Crippen molar-refractivity contribution in [1.29, 1.82) is 0 Å². The normalized spacial score (nSPS) is 16.4. The SMILES string of the molecule is CCNC(=NCC(c1ccccc1OC)N1CCCC1)NCC(c1cnn(C)c1)N(C)C.I. The number of hydrogen-bond donors (Lipinski definition) is 2. The van der Waals surface area contributed by atoms with Gasteiger partial charge in [-0.25, -0.2) is 0 Å². The number of guanidine groups is 1. The zero-order valence-electron chi connectivity index (χ0n) is 20.6. The molecule has 1 aliphatic heterocycles. The molecule has 0 saturated carbocycles. The minimum absolute atomic E-state index is 0. The van der Waals surface area contributed by atoms with Crippen molar-refractivity contribution < 1.29 is 4.74 Å². The molecule has 1 aromatic carbocycles. The van der Waals surface area contributed by atoms with Crippen molar-refractivity contribution in [2.24, 2.45) is 12.0 Å². The predicted octanol–water partition coefficient (Wildman–Crippen LogP) is 3.04. The van der Waals surface area contributed by atoms with Crippen molar-refractivity contribution in [2.45, 2.75) is 31.8 Å². The minimum Gasteiger partial charge on any atom is -0.496 e. The molecule has 0 radical (unpaired) electrons. The van der Waals surface area contributed by atoms with Crippen LogP contribution in [0.4, 0.5) is 0 Å². The fourth-order valence-electron chi connectivity index (χ4n) is 4.33. The van der Waals surface area contributed by atoms with E-state index in [4.69, 9.17) is 9.73 Å². The van der Waals surface area contributed by atoms with Crippen LogP contribution in [0.2, 0.25) is 0 Å². The number of para-hydroxylation sites is 1. The lowest BCUT2D eigenvalue weighted by molar-refractivity contribution is 0.245. The molecule has 1 aromatic heterocycles. The molecule has 0 bridgehead atoms. The highest BCUT2D eigenvalue weighted by molar-refractivity contribution is 14.0. The van der Waals surface area contributed by atoms with Crippen molar-refractivity contribution in [3.05, 3.63) is 47.8 Å². The Morgan fingerprint density at radius 1 is 1.21 bits per heavy atom. The lowest BCUT2D eigenvalue weighted by atomic mass is 10.0. The number of aromatic nitrogens is 2. The number of benzene rings is 1. The molecule has 0 aliphatic carbocycles. The summed E-state index contributed by atoms with van der Waals surface area (Å²) in [7, 11) is 7.88. The molecule has 2 atom stereocenters. The topological polar surface area (TPSA) is 70.0 Å². The quantitative estimate of drug-likeness (QED) is 0.261. The average Bonchev–Trinajstić information content (AvgIpc) is 3.46. The van der Waals surface area contributed by atoms with E-state index in [0.29, 0.717) is 6.54 Å². The van der Waals surface area contributed by atoms with E-state index < -0.39 is 0 Å². The summed E-state index contributed by atoms with van der Waals surface area (Å²) >= 11 is 0. The maximum absolute atomic E-state index is 5.68. The number of likely N-dealkylation sites (N-methyl/N-ethyl adjacent to an activating group) is 1. The van der Waals surface area contributed by atoms with E-state index in [2.05, 4.69) is 64.9 Å². The molecule has 2 aromatic rings. The maximum Gasteiger partial charge on any atom is 0.191 e. The molecule has 33 heavy (non-hydrogen) atoms. The lowest BCUT2D eigenvalue weighted by Gasteiger charge is -2.28. The monoisotopic (exact) mass is 569 g/mol. The van der Waals surface area contributed by atoms with Gasteiger partial charge >= 0.3 is 0 Å². The Morgan fingerprint density at radius 3 is 2.55 bits per heavy atom. The van der Waals surface area contributed by atoms with Gasteiger partial charge in [0, 0.05) is 37.5 Å². The zero-order chi connectivity index (χ0) is 22.9. The van der Waals surface area contributed by atoms with Gasteiger partial charge in [0.2, 0.25) is 0 Å². The van der Waals surface area contributed by atoms with Gasteiger partial charge in [-0.3, -0.25) is 14.6 Å². The first-order chi connectivity index (χ1) is 15.5. The first-order valence-corrected chi connectivity index (χ1v) is 11.6. The number of halogens is 1. The Hall–Kier alpha value is -1.85. The largest absolute Gasteiger partial charge is 0.496 e. The second kappa shape index (κ2) is 13.8. The molecule has 0 amide bonds. The third-order valence-corrected chi connectivity index (χ3v) is 6.04. The molecule has 3 rings (SSSR count). The molecule has 2 unspecified atom stereocenters. The number of aryl methyl sites for hydroxylation is 1. The third-order valence-electron chi connectivity index (χ3n) is 6.04. The number of likely N-dealkylation sites (tertiary alicyclic amines) is 1. The molecule has 184 valence electrons. The van der Waals surface area contributed by atoms with E-state index in [1.165, 1.54) is 24.0 Å². The van der Waals surface area contributed by atoms with Crippen LogP contribution in [0.3, 0.4) is 0 Å². The number of ether oxygens (including phenoxy) is 1. The standard InChI is InChI=1S/C24H39N7O.HI/c1-6-25-24(26-16-21(29(2)3)19-15-28-30(4)18-19)27-17-22(31-13-9-10-14-31)20-11-7-8-12-23(20)32-5;/h7-8,11-12,15,18,21-22H,6,9-10,13-14,16-17H2,1-5H3,(H2,25,26,27);1H. The summed E-state index contributed by atoms with van der Waals surface area (Å²) in [6.07, 6.45) is 6.48. The Balaban J connectivity index is 0.00000385. The molecule has 0 spiro atoms. The van der Waals surface area contributed by atoms with E-state index >= 15 is 0 Å². The summed E-state index contributed by atoms with van der Waals surface area (Å²) < 4.78 is 7.52. The first-order valence-electron chi connectivity index (χ1n) is 11.6. The molecular formula is C24H40IN7O. The number of methoxy groups -OCH3 is 1. The molecular weight excluding hydrogens is 529 g/mol. The molecule has 2 heterocycles. The van der Waals surface area contributed by atoms with Crippen molar-refractivity contribution in [2.75, 3.05) is 53.9 Å². The fraction of sp³-hybridized carbons (Fsp3) is 0.583. The van der Waals surface area contributed by atoms with Crippen LogP contribution in [0.5, 0.6) is 5.75 Å². The number of aliphatic imine (C=N–C) groups is 1. The maximum atomic E-state index is 5.68. The van der Waals surface area contributed by atoms with Crippen LogP contribution in [-0.4, -0.2) is 79.5 Å². The number of rotatable bonds is 10. The highest BCUT2D eigenvalue weighted by atomic mass is 127. The van der Waals surface area contributed by atoms with E-state index in [9.17, 15) is 0 Å². The smallest absolute Gasteiger partial charge is 0.191 e. The Bertz CT molecular complexity index is 864. The van der Waals surface area contributed by atoms with Crippen LogP contribution in [0.25, 0.3) is 0 Å². The highest BCUT2D eigenvalue weighted by Gasteiger charge is 2.26. The Labute approximate surface area is 215 Å². The molecule has 1 fully saturated rings. The van der Waals surface area contributed by atoms with Gasteiger partial charge in [-0.1, -0.05) is 18.2 Å². The van der Waals surface area contributed by atoms with Gasteiger partial charge in [0.15, 0.2) is 5.96 Å². The van der Waals surface area contributed by atoms with Gasteiger partial charge in [0.25, 0.3) is 0 Å². The van der Waals surface area contributed by atoms with E-state index in [1.807, 2.05) is 30.1 Å². The van der Waals surface area contributed by atoms with Gasteiger partial charge in [0.1, 0.15) is 5.75 Å². The molecule has 1 aliphatic rings. The Morgan fingerprint density at radius 2 is 1.94 bits per heavy atom. The van der Waals surface area contributed by atoms with Gasteiger partial charge in [-0.2, -0.15) is 5.10 Å². The average molecular weight is 570 g/mol. The van der Waals surface area contributed by atoms with Crippen molar-refractivity contribution >= 4 is 29.9 Å². The summed E-state index contributed by atoms with van der Waals surface area (Å²) in [5, 5.41) is 11.3. The lowest BCUT2D eigenvalue weighted by Crippen LogP contribution is -2.42. The molecule has 2 N–H and O–H groups in total. The molecule has 9 heteroatoms.